The second-order valence-electron chi connectivity index (χ2n) is 7.84. The van der Waals surface area contributed by atoms with Crippen molar-refractivity contribution < 1.29 is 9.47 Å². The van der Waals surface area contributed by atoms with E-state index in [0.717, 1.165) is 19.6 Å². The standard InChI is InChI=1S/C24H29NO2/c1-2-13-25-24-14-22(24)21(18-26-16-19-9-5-3-6-10-19)23(15-24)27-17-20-11-7-4-8-12-20/h2-12,21-23,25H,1,13-18H2/t21-,22-,23-,24-/m0/s1. The van der Waals surface area contributed by atoms with Crippen LogP contribution < -0.4 is 5.32 Å². The fourth-order valence-electron chi connectivity index (χ4n) is 4.52. The minimum Gasteiger partial charge on any atom is -0.376 e. The molecule has 0 bridgehead atoms. The number of fused-ring (bicyclic) bond motifs is 1. The lowest BCUT2D eigenvalue weighted by molar-refractivity contribution is -0.0303. The molecule has 1 N–H and O–H groups in total. The maximum atomic E-state index is 6.36. The second kappa shape index (κ2) is 8.39. The van der Waals surface area contributed by atoms with E-state index in [9.17, 15) is 0 Å². The summed E-state index contributed by atoms with van der Waals surface area (Å²) in [7, 11) is 0. The van der Waals surface area contributed by atoms with Crippen LogP contribution in [0.1, 0.15) is 24.0 Å². The van der Waals surface area contributed by atoms with Gasteiger partial charge in [0.05, 0.1) is 25.9 Å². The molecule has 0 spiro atoms. The molecule has 0 aliphatic heterocycles. The molecule has 0 amide bonds. The quantitative estimate of drug-likeness (QED) is 0.637. The Kier molecular flexibility index (Phi) is 5.72. The maximum Gasteiger partial charge on any atom is 0.0720 e. The zero-order chi connectivity index (χ0) is 18.5. The molecule has 0 radical (unpaired) electrons. The summed E-state index contributed by atoms with van der Waals surface area (Å²) in [4.78, 5) is 0. The van der Waals surface area contributed by atoms with Crippen molar-refractivity contribution in [1.82, 2.24) is 5.32 Å². The van der Waals surface area contributed by atoms with E-state index in [1.165, 1.54) is 17.5 Å². The zero-order valence-electron chi connectivity index (χ0n) is 15.8. The Morgan fingerprint density at radius 3 is 2.30 bits per heavy atom. The number of benzene rings is 2. The van der Waals surface area contributed by atoms with Crippen LogP contribution >= 0.6 is 0 Å². The first-order valence-corrected chi connectivity index (χ1v) is 9.94. The van der Waals surface area contributed by atoms with Crippen molar-refractivity contribution in [2.75, 3.05) is 13.2 Å². The minimum atomic E-state index is 0.232. The second-order valence-corrected chi connectivity index (χ2v) is 7.84. The average molecular weight is 364 g/mol. The van der Waals surface area contributed by atoms with E-state index in [1.807, 2.05) is 18.2 Å². The number of hydrogen-bond acceptors (Lipinski definition) is 3. The largest absolute Gasteiger partial charge is 0.376 e. The number of rotatable bonds is 10. The van der Waals surface area contributed by atoms with Gasteiger partial charge in [-0.05, 0) is 29.9 Å². The molecule has 27 heavy (non-hydrogen) atoms. The van der Waals surface area contributed by atoms with Gasteiger partial charge in [0.2, 0.25) is 0 Å². The van der Waals surface area contributed by atoms with Gasteiger partial charge in [-0.15, -0.1) is 6.58 Å². The van der Waals surface area contributed by atoms with Crippen LogP contribution in [0.25, 0.3) is 0 Å². The summed E-state index contributed by atoms with van der Waals surface area (Å²) in [5.41, 5.74) is 2.69. The van der Waals surface area contributed by atoms with Gasteiger partial charge in [-0.25, -0.2) is 0 Å². The van der Waals surface area contributed by atoms with Crippen LogP contribution in [0.15, 0.2) is 73.3 Å². The smallest absolute Gasteiger partial charge is 0.0720 e. The van der Waals surface area contributed by atoms with Crippen molar-refractivity contribution in [2.45, 2.75) is 37.7 Å². The lowest BCUT2D eigenvalue weighted by Crippen LogP contribution is -2.33. The molecule has 4 rings (SSSR count). The van der Waals surface area contributed by atoms with Crippen molar-refractivity contribution in [1.29, 1.82) is 0 Å². The number of nitrogens with one attached hydrogen (secondary N) is 1. The summed E-state index contributed by atoms with van der Waals surface area (Å²) in [6.07, 6.45) is 4.49. The van der Waals surface area contributed by atoms with Crippen LogP contribution in [0.3, 0.4) is 0 Å². The summed E-state index contributed by atoms with van der Waals surface area (Å²) in [6, 6.07) is 20.8. The highest BCUT2D eigenvalue weighted by Crippen LogP contribution is 2.59. The first kappa shape index (κ1) is 18.4. The van der Waals surface area contributed by atoms with E-state index < -0.39 is 0 Å². The molecule has 3 heteroatoms. The van der Waals surface area contributed by atoms with E-state index in [2.05, 4.69) is 60.4 Å². The third-order valence-corrected chi connectivity index (χ3v) is 6.02. The molecule has 4 atom stereocenters. The highest BCUT2D eigenvalue weighted by atomic mass is 16.5. The predicted octanol–water partition coefficient (Wildman–Crippen LogP) is 4.34. The molecular formula is C24H29NO2. The van der Waals surface area contributed by atoms with Gasteiger partial charge < -0.3 is 14.8 Å². The van der Waals surface area contributed by atoms with Crippen molar-refractivity contribution in [3.8, 4) is 0 Å². The van der Waals surface area contributed by atoms with Gasteiger partial charge in [0, 0.05) is 18.0 Å². The average Bonchev–Trinajstić information content (AvgIpc) is 3.35. The number of hydrogen-bond donors (Lipinski definition) is 1. The molecule has 2 fully saturated rings. The summed E-state index contributed by atoms with van der Waals surface area (Å²) in [6.45, 7) is 6.81. The first-order valence-electron chi connectivity index (χ1n) is 9.94. The summed E-state index contributed by atoms with van der Waals surface area (Å²) in [5.74, 6) is 1.10. The van der Waals surface area contributed by atoms with Crippen molar-refractivity contribution in [3.05, 3.63) is 84.4 Å². The van der Waals surface area contributed by atoms with E-state index in [1.54, 1.807) is 0 Å². The molecule has 2 saturated carbocycles. The van der Waals surface area contributed by atoms with Gasteiger partial charge in [-0.2, -0.15) is 0 Å². The molecule has 0 heterocycles. The predicted molar refractivity (Wildman–Crippen MR) is 108 cm³/mol. The van der Waals surface area contributed by atoms with Gasteiger partial charge >= 0.3 is 0 Å². The summed E-state index contributed by atoms with van der Waals surface area (Å²) in [5, 5.41) is 3.69. The third-order valence-electron chi connectivity index (χ3n) is 6.02. The molecule has 2 aromatic carbocycles. The molecule has 142 valence electrons. The van der Waals surface area contributed by atoms with E-state index in [-0.39, 0.29) is 11.6 Å². The molecule has 2 aliphatic carbocycles. The van der Waals surface area contributed by atoms with Crippen molar-refractivity contribution >= 4 is 0 Å². The van der Waals surface area contributed by atoms with Gasteiger partial charge in [0.15, 0.2) is 0 Å². The van der Waals surface area contributed by atoms with Gasteiger partial charge in [0.1, 0.15) is 0 Å². The summed E-state index contributed by atoms with van der Waals surface area (Å²) < 4.78 is 12.5. The molecule has 3 nitrogen and oxygen atoms in total. The van der Waals surface area contributed by atoms with Gasteiger partial charge in [-0.1, -0.05) is 66.7 Å². The van der Waals surface area contributed by atoms with Gasteiger partial charge in [-0.3, -0.25) is 0 Å². The molecule has 2 aromatic rings. The van der Waals surface area contributed by atoms with E-state index in [4.69, 9.17) is 9.47 Å². The van der Waals surface area contributed by atoms with Crippen molar-refractivity contribution in [2.24, 2.45) is 11.8 Å². The van der Waals surface area contributed by atoms with Crippen LogP contribution in [-0.4, -0.2) is 24.8 Å². The fraction of sp³-hybridized carbons (Fsp3) is 0.417. The minimum absolute atomic E-state index is 0.232. The van der Waals surface area contributed by atoms with E-state index in [0.29, 0.717) is 25.0 Å². The van der Waals surface area contributed by atoms with Gasteiger partial charge in [0.25, 0.3) is 0 Å². The fourth-order valence-corrected chi connectivity index (χ4v) is 4.52. The van der Waals surface area contributed by atoms with Crippen LogP contribution in [0, 0.1) is 11.8 Å². The molecule has 2 aliphatic rings. The topological polar surface area (TPSA) is 30.5 Å². The normalized spacial score (nSPS) is 28.7. The monoisotopic (exact) mass is 363 g/mol. The SMILES string of the molecule is C=CCN[C@@]12C[C@H](OCc3ccccc3)[C@@H](COCc3ccccc3)[C@@H]1C2. The molecule has 0 aromatic heterocycles. The van der Waals surface area contributed by atoms with Crippen LogP contribution in [0.5, 0.6) is 0 Å². The molecule has 0 unspecified atom stereocenters. The highest BCUT2D eigenvalue weighted by molar-refractivity contribution is 5.21. The Bertz CT molecular complexity index is 733. The third kappa shape index (κ3) is 4.32. The van der Waals surface area contributed by atoms with Crippen LogP contribution in [0.4, 0.5) is 0 Å². The lowest BCUT2D eigenvalue weighted by Gasteiger charge is -2.23. The highest BCUT2D eigenvalue weighted by Gasteiger charge is 2.65. The maximum absolute atomic E-state index is 6.36. The van der Waals surface area contributed by atoms with E-state index >= 15 is 0 Å². The number of ether oxygens (including phenoxy) is 2. The Morgan fingerprint density at radius 1 is 0.963 bits per heavy atom. The van der Waals surface area contributed by atoms with Crippen LogP contribution in [-0.2, 0) is 22.7 Å². The Morgan fingerprint density at radius 2 is 1.63 bits per heavy atom. The Hall–Kier alpha value is -1.94. The molecule has 0 saturated heterocycles. The molecular weight excluding hydrogens is 334 g/mol. The summed E-state index contributed by atoms with van der Waals surface area (Å²) >= 11 is 0. The Balaban J connectivity index is 1.36. The van der Waals surface area contributed by atoms with Crippen molar-refractivity contribution in [3.63, 3.8) is 0 Å². The Labute approximate surface area is 162 Å². The zero-order valence-corrected chi connectivity index (χ0v) is 15.8. The first-order chi connectivity index (χ1) is 13.3. The van der Waals surface area contributed by atoms with Crippen LogP contribution in [0.2, 0.25) is 0 Å². The lowest BCUT2D eigenvalue weighted by atomic mass is 10.0.